The van der Waals surface area contributed by atoms with Gasteiger partial charge in [-0.3, -0.25) is 0 Å². The van der Waals surface area contributed by atoms with E-state index in [0.29, 0.717) is 6.10 Å². The molecular formula is C13H23ClO2. The maximum Gasteiger partial charge on any atom is 0.0621 e. The molecule has 3 atom stereocenters. The molecule has 0 radical (unpaired) electrons. The van der Waals surface area contributed by atoms with Crippen molar-refractivity contribution in [1.82, 2.24) is 0 Å². The number of rotatable bonds is 3. The SMILES string of the molecule is OCC[C@@H]1C[C@H](Cl)C[C@H](C2CCCCC2)O1. The molecule has 0 spiro atoms. The predicted octanol–water partition coefficient (Wildman–Crippen LogP) is 3.10. The number of aliphatic hydroxyl groups is 1. The first kappa shape index (κ1) is 12.7. The van der Waals surface area contributed by atoms with Crippen LogP contribution in [0.4, 0.5) is 0 Å². The zero-order valence-electron chi connectivity index (χ0n) is 9.91. The maximum absolute atomic E-state index is 8.98. The van der Waals surface area contributed by atoms with Crippen LogP contribution in [0.5, 0.6) is 0 Å². The number of alkyl halides is 1. The van der Waals surface area contributed by atoms with Crippen LogP contribution in [-0.4, -0.2) is 29.3 Å². The van der Waals surface area contributed by atoms with Crippen LogP contribution in [0, 0.1) is 5.92 Å². The van der Waals surface area contributed by atoms with Crippen LogP contribution in [-0.2, 0) is 4.74 Å². The lowest BCUT2D eigenvalue weighted by Gasteiger charge is -2.38. The Hall–Kier alpha value is 0.210. The highest BCUT2D eigenvalue weighted by Gasteiger charge is 2.33. The van der Waals surface area contributed by atoms with E-state index < -0.39 is 0 Å². The van der Waals surface area contributed by atoms with Gasteiger partial charge in [0.05, 0.1) is 12.2 Å². The Labute approximate surface area is 103 Å². The fourth-order valence-corrected chi connectivity index (χ4v) is 3.51. The van der Waals surface area contributed by atoms with E-state index in [1.807, 2.05) is 0 Å². The molecule has 1 saturated carbocycles. The highest BCUT2D eigenvalue weighted by molar-refractivity contribution is 6.20. The molecule has 94 valence electrons. The molecule has 2 fully saturated rings. The zero-order chi connectivity index (χ0) is 11.4. The highest BCUT2D eigenvalue weighted by Crippen LogP contribution is 2.35. The summed E-state index contributed by atoms with van der Waals surface area (Å²) >= 11 is 6.30. The maximum atomic E-state index is 8.98. The van der Waals surface area contributed by atoms with Gasteiger partial charge >= 0.3 is 0 Å². The molecule has 2 rings (SSSR count). The van der Waals surface area contributed by atoms with Gasteiger partial charge in [-0.05, 0) is 38.0 Å². The van der Waals surface area contributed by atoms with Gasteiger partial charge in [0.15, 0.2) is 0 Å². The summed E-state index contributed by atoms with van der Waals surface area (Å²) < 4.78 is 6.09. The van der Waals surface area contributed by atoms with E-state index in [-0.39, 0.29) is 18.1 Å². The normalized spacial score (nSPS) is 37.5. The third kappa shape index (κ3) is 3.35. The average molecular weight is 247 g/mol. The van der Waals surface area contributed by atoms with E-state index in [2.05, 4.69) is 0 Å². The molecule has 3 heteroatoms. The lowest BCUT2D eigenvalue weighted by atomic mass is 9.82. The van der Waals surface area contributed by atoms with Gasteiger partial charge in [0.2, 0.25) is 0 Å². The lowest BCUT2D eigenvalue weighted by Crippen LogP contribution is -2.39. The molecule has 1 heterocycles. The predicted molar refractivity (Wildman–Crippen MR) is 65.8 cm³/mol. The van der Waals surface area contributed by atoms with E-state index in [0.717, 1.165) is 25.2 Å². The van der Waals surface area contributed by atoms with Crippen LogP contribution in [0.15, 0.2) is 0 Å². The first-order valence-corrected chi connectivity index (χ1v) is 7.13. The minimum Gasteiger partial charge on any atom is -0.396 e. The van der Waals surface area contributed by atoms with Crippen molar-refractivity contribution < 1.29 is 9.84 Å². The standard InChI is InChI=1S/C13H23ClO2/c14-11-8-12(6-7-15)16-13(9-11)10-4-2-1-3-5-10/h10-13,15H,1-9H2/t11-,12+,13+/m0/s1. The molecule has 0 unspecified atom stereocenters. The Balaban J connectivity index is 1.87. The average Bonchev–Trinajstić information content (AvgIpc) is 2.30. The molecule has 1 N–H and O–H groups in total. The van der Waals surface area contributed by atoms with E-state index in [1.54, 1.807) is 0 Å². The molecule has 16 heavy (non-hydrogen) atoms. The molecular weight excluding hydrogens is 224 g/mol. The highest BCUT2D eigenvalue weighted by atomic mass is 35.5. The van der Waals surface area contributed by atoms with Crippen LogP contribution in [0.1, 0.15) is 51.4 Å². The fraction of sp³-hybridized carbons (Fsp3) is 1.00. The summed E-state index contributed by atoms with van der Waals surface area (Å²) in [5.74, 6) is 0.719. The minimum absolute atomic E-state index is 0.188. The summed E-state index contributed by atoms with van der Waals surface area (Å²) in [6.07, 6.45) is 9.89. The minimum atomic E-state index is 0.188. The van der Waals surface area contributed by atoms with Crippen molar-refractivity contribution >= 4 is 11.6 Å². The molecule has 2 aliphatic rings. The summed E-state index contributed by atoms with van der Waals surface area (Å²) in [6, 6.07) is 0. The Morgan fingerprint density at radius 2 is 1.88 bits per heavy atom. The number of hydrogen-bond donors (Lipinski definition) is 1. The zero-order valence-corrected chi connectivity index (χ0v) is 10.7. The Kier molecular flexibility index (Phi) is 4.93. The summed E-state index contributed by atoms with van der Waals surface area (Å²) in [4.78, 5) is 0. The molecule has 0 aromatic carbocycles. The molecule has 1 saturated heterocycles. The van der Waals surface area contributed by atoms with Gasteiger partial charge in [0.25, 0.3) is 0 Å². The van der Waals surface area contributed by atoms with E-state index in [9.17, 15) is 0 Å². The van der Waals surface area contributed by atoms with Crippen molar-refractivity contribution in [3.05, 3.63) is 0 Å². The monoisotopic (exact) mass is 246 g/mol. The number of aliphatic hydroxyl groups excluding tert-OH is 1. The van der Waals surface area contributed by atoms with Crippen molar-refractivity contribution in [2.24, 2.45) is 5.92 Å². The molecule has 1 aliphatic heterocycles. The van der Waals surface area contributed by atoms with Gasteiger partial charge in [0.1, 0.15) is 0 Å². The summed E-state index contributed by atoms with van der Waals surface area (Å²) in [7, 11) is 0. The Morgan fingerprint density at radius 3 is 2.56 bits per heavy atom. The Morgan fingerprint density at radius 1 is 1.12 bits per heavy atom. The van der Waals surface area contributed by atoms with Crippen LogP contribution in [0.2, 0.25) is 0 Å². The number of ether oxygens (including phenoxy) is 1. The van der Waals surface area contributed by atoms with Gasteiger partial charge in [-0.2, -0.15) is 0 Å². The summed E-state index contributed by atoms with van der Waals surface area (Å²) in [6.45, 7) is 0.214. The van der Waals surface area contributed by atoms with Gasteiger partial charge < -0.3 is 9.84 Å². The molecule has 0 aromatic rings. The van der Waals surface area contributed by atoms with Crippen LogP contribution >= 0.6 is 11.6 Å². The lowest BCUT2D eigenvalue weighted by molar-refractivity contribution is -0.0885. The van der Waals surface area contributed by atoms with Crippen molar-refractivity contribution in [3.8, 4) is 0 Å². The summed E-state index contributed by atoms with van der Waals surface area (Å²) in [5, 5.41) is 9.23. The second kappa shape index (κ2) is 6.23. The van der Waals surface area contributed by atoms with Crippen LogP contribution in [0.3, 0.4) is 0 Å². The Bertz CT molecular complexity index is 204. The largest absolute Gasteiger partial charge is 0.396 e. The second-order valence-corrected chi connectivity index (χ2v) is 5.89. The first-order chi connectivity index (χ1) is 7.79. The third-order valence-corrected chi connectivity index (χ3v) is 4.36. The van der Waals surface area contributed by atoms with Crippen molar-refractivity contribution in [1.29, 1.82) is 0 Å². The molecule has 0 bridgehead atoms. The van der Waals surface area contributed by atoms with Gasteiger partial charge in [0, 0.05) is 12.0 Å². The van der Waals surface area contributed by atoms with Crippen molar-refractivity contribution in [2.75, 3.05) is 6.61 Å². The first-order valence-electron chi connectivity index (χ1n) is 6.70. The molecule has 0 amide bonds. The molecule has 1 aliphatic carbocycles. The quantitative estimate of drug-likeness (QED) is 0.776. The summed E-state index contributed by atoms with van der Waals surface area (Å²) in [5.41, 5.74) is 0. The van der Waals surface area contributed by atoms with Crippen molar-refractivity contribution in [3.63, 3.8) is 0 Å². The van der Waals surface area contributed by atoms with E-state index >= 15 is 0 Å². The molecule has 2 nitrogen and oxygen atoms in total. The van der Waals surface area contributed by atoms with Gasteiger partial charge in [-0.15, -0.1) is 11.6 Å². The number of halogens is 1. The third-order valence-electron chi connectivity index (χ3n) is 4.00. The van der Waals surface area contributed by atoms with Crippen molar-refractivity contribution in [2.45, 2.75) is 69.0 Å². The van der Waals surface area contributed by atoms with E-state index in [1.165, 1.54) is 32.1 Å². The van der Waals surface area contributed by atoms with E-state index in [4.69, 9.17) is 21.4 Å². The molecule has 0 aromatic heterocycles. The number of hydrogen-bond acceptors (Lipinski definition) is 2. The second-order valence-electron chi connectivity index (χ2n) is 5.28. The van der Waals surface area contributed by atoms with Crippen LogP contribution < -0.4 is 0 Å². The van der Waals surface area contributed by atoms with Gasteiger partial charge in [-0.1, -0.05) is 19.3 Å². The fourth-order valence-electron chi connectivity index (χ4n) is 3.13. The topological polar surface area (TPSA) is 29.5 Å². The smallest absolute Gasteiger partial charge is 0.0621 e. The van der Waals surface area contributed by atoms with Gasteiger partial charge in [-0.25, -0.2) is 0 Å². The van der Waals surface area contributed by atoms with Crippen LogP contribution in [0.25, 0.3) is 0 Å².